The minimum atomic E-state index is -0.554. The second-order valence-corrected chi connectivity index (χ2v) is 7.08. The van der Waals surface area contributed by atoms with E-state index in [1.54, 1.807) is 57.5 Å². The summed E-state index contributed by atoms with van der Waals surface area (Å²) in [6.45, 7) is 3.80. The summed E-state index contributed by atoms with van der Waals surface area (Å²) >= 11 is 0. The van der Waals surface area contributed by atoms with Crippen LogP contribution in [0.5, 0.6) is 11.5 Å². The summed E-state index contributed by atoms with van der Waals surface area (Å²) in [5, 5.41) is 5.67. The van der Waals surface area contributed by atoms with E-state index in [0.29, 0.717) is 11.4 Å². The van der Waals surface area contributed by atoms with Gasteiger partial charge in [-0.25, -0.2) is 14.2 Å². The van der Waals surface area contributed by atoms with Crippen molar-refractivity contribution in [2.45, 2.75) is 13.8 Å². The molecular weight excluding hydrogens is 440 g/mol. The molecular formula is C24H26N4O6. The van der Waals surface area contributed by atoms with Gasteiger partial charge < -0.3 is 14.2 Å². The number of methoxy groups -OCH3 is 2. The summed E-state index contributed by atoms with van der Waals surface area (Å²) in [5.41, 5.74) is 1.90. The highest BCUT2D eigenvalue weighted by Gasteiger charge is 2.13. The third-order valence-corrected chi connectivity index (χ3v) is 4.69. The molecule has 34 heavy (non-hydrogen) atoms. The van der Waals surface area contributed by atoms with Gasteiger partial charge in [0.15, 0.2) is 0 Å². The molecule has 0 aliphatic carbocycles. The van der Waals surface area contributed by atoms with Crippen LogP contribution in [0, 0.1) is 6.92 Å². The number of esters is 1. The third-order valence-electron chi connectivity index (χ3n) is 4.69. The molecule has 4 rings (SSSR count). The van der Waals surface area contributed by atoms with Crippen molar-refractivity contribution in [1.82, 2.24) is 19.6 Å². The first-order chi connectivity index (χ1) is 16.4. The zero-order valence-electron chi connectivity index (χ0n) is 19.3. The molecule has 2 aromatic carbocycles. The SMILES string of the molecule is CCOC(=O)c1cc(=O)n(-c2cccc(OC)c2)[nH]1.COc1cccc(-n2[nH]c(C)cc2=O)c1. The number of aryl methyl sites for hydroxylation is 1. The molecule has 0 saturated carbocycles. The fourth-order valence-electron chi connectivity index (χ4n) is 3.11. The molecule has 0 bridgehead atoms. The van der Waals surface area contributed by atoms with Gasteiger partial charge in [0.05, 0.1) is 32.2 Å². The maximum atomic E-state index is 11.8. The molecule has 0 atom stereocenters. The zero-order valence-corrected chi connectivity index (χ0v) is 19.3. The Labute approximate surface area is 195 Å². The van der Waals surface area contributed by atoms with E-state index in [4.69, 9.17) is 14.2 Å². The topological polar surface area (TPSA) is 120 Å². The van der Waals surface area contributed by atoms with Crippen LogP contribution in [0.2, 0.25) is 0 Å². The first-order valence-corrected chi connectivity index (χ1v) is 10.4. The number of ether oxygens (including phenoxy) is 3. The molecule has 0 radical (unpaired) electrons. The molecule has 4 aromatic rings. The van der Waals surface area contributed by atoms with E-state index in [-0.39, 0.29) is 23.4 Å². The monoisotopic (exact) mass is 466 g/mol. The summed E-state index contributed by atoms with van der Waals surface area (Å²) in [6.07, 6.45) is 0. The Balaban J connectivity index is 0.000000196. The van der Waals surface area contributed by atoms with Gasteiger partial charge in [0.2, 0.25) is 0 Å². The Kier molecular flexibility index (Phi) is 7.75. The molecule has 0 spiro atoms. The lowest BCUT2D eigenvalue weighted by molar-refractivity contribution is 0.0519. The van der Waals surface area contributed by atoms with Crippen molar-refractivity contribution in [2.75, 3.05) is 20.8 Å². The van der Waals surface area contributed by atoms with Crippen molar-refractivity contribution in [3.63, 3.8) is 0 Å². The number of aromatic nitrogens is 4. The largest absolute Gasteiger partial charge is 0.497 e. The maximum Gasteiger partial charge on any atom is 0.356 e. The third kappa shape index (κ3) is 5.66. The Morgan fingerprint density at radius 2 is 1.35 bits per heavy atom. The van der Waals surface area contributed by atoms with Crippen molar-refractivity contribution in [2.24, 2.45) is 0 Å². The smallest absolute Gasteiger partial charge is 0.356 e. The predicted molar refractivity (Wildman–Crippen MR) is 127 cm³/mol. The zero-order chi connectivity index (χ0) is 24.7. The lowest BCUT2D eigenvalue weighted by atomic mass is 10.3. The molecule has 0 saturated heterocycles. The standard InChI is InChI=1S/C13H14N2O4.C11H12N2O2/c1-3-19-13(17)11-8-12(16)15(14-11)9-5-4-6-10(7-9)18-2;1-8-6-11(14)13(12-8)9-4-3-5-10(7-9)15-2/h4-8,14H,3H2,1-2H3;3-7,12H,1-2H3. The van der Waals surface area contributed by atoms with Crippen molar-refractivity contribution in [3.8, 4) is 22.9 Å². The number of nitrogens with one attached hydrogen (secondary N) is 2. The van der Waals surface area contributed by atoms with Gasteiger partial charge in [0.25, 0.3) is 11.1 Å². The molecule has 0 amide bonds. The van der Waals surface area contributed by atoms with Crippen LogP contribution >= 0.6 is 0 Å². The molecule has 178 valence electrons. The molecule has 10 nitrogen and oxygen atoms in total. The summed E-state index contributed by atoms with van der Waals surface area (Å²) < 4.78 is 17.8. The number of aromatic amines is 2. The quantitative estimate of drug-likeness (QED) is 0.422. The van der Waals surface area contributed by atoms with Gasteiger partial charge >= 0.3 is 5.97 Å². The Hall–Kier alpha value is -4.47. The number of benzene rings is 2. The number of H-pyrrole nitrogens is 2. The van der Waals surface area contributed by atoms with Crippen LogP contribution in [0.15, 0.2) is 70.3 Å². The second kappa shape index (κ2) is 10.9. The summed E-state index contributed by atoms with van der Waals surface area (Å²) in [6, 6.07) is 17.0. The number of rotatable bonds is 6. The van der Waals surface area contributed by atoms with E-state index < -0.39 is 5.97 Å². The summed E-state index contributed by atoms with van der Waals surface area (Å²) in [7, 11) is 3.14. The fraction of sp³-hybridized carbons (Fsp3) is 0.208. The van der Waals surface area contributed by atoms with Gasteiger partial charge in [-0.05, 0) is 38.1 Å². The number of carbonyl (C=O) groups is 1. The normalized spacial score (nSPS) is 10.2. The fourth-order valence-corrected chi connectivity index (χ4v) is 3.11. The number of carbonyl (C=O) groups excluding carboxylic acids is 1. The van der Waals surface area contributed by atoms with Gasteiger partial charge in [0.1, 0.15) is 17.2 Å². The first kappa shape index (κ1) is 24.2. The number of hydrogen-bond donors (Lipinski definition) is 2. The highest BCUT2D eigenvalue weighted by atomic mass is 16.5. The van der Waals surface area contributed by atoms with E-state index in [2.05, 4.69) is 10.2 Å². The van der Waals surface area contributed by atoms with Crippen molar-refractivity contribution >= 4 is 5.97 Å². The highest BCUT2D eigenvalue weighted by Crippen LogP contribution is 2.15. The second-order valence-electron chi connectivity index (χ2n) is 7.08. The maximum absolute atomic E-state index is 11.8. The molecule has 10 heteroatoms. The minimum absolute atomic E-state index is 0.0687. The Morgan fingerprint density at radius 3 is 1.82 bits per heavy atom. The average molecular weight is 466 g/mol. The van der Waals surface area contributed by atoms with Crippen LogP contribution in [0.25, 0.3) is 11.4 Å². The van der Waals surface area contributed by atoms with Crippen LogP contribution in [-0.2, 0) is 4.74 Å². The molecule has 2 N–H and O–H groups in total. The van der Waals surface area contributed by atoms with Crippen molar-refractivity contribution < 1.29 is 19.0 Å². The van der Waals surface area contributed by atoms with Crippen LogP contribution in [0.3, 0.4) is 0 Å². The average Bonchev–Trinajstić information content (AvgIpc) is 3.41. The molecule has 2 heterocycles. The molecule has 2 aromatic heterocycles. The predicted octanol–water partition coefficient (Wildman–Crippen LogP) is 2.83. The Bertz CT molecular complexity index is 1380. The van der Waals surface area contributed by atoms with Crippen LogP contribution in [-0.4, -0.2) is 46.4 Å². The van der Waals surface area contributed by atoms with Gasteiger partial charge in [0, 0.05) is 30.0 Å². The van der Waals surface area contributed by atoms with Crippen molar-refractivity contribution in [3.05, 3.63) is 92.8 Å². The molecule has 0 aliphatic heterocycles. The summed E-state index contributed by atoms with van der Waals surface area (Å²) in [5.74, 6) is 0.796. The number of nitrogens with zero attached hydrogens (tertiary/aromatic N) is 2. The van der Waals surface area contributed by atoms with Gasteiger partial charge in [-0.3, -0.25) is 19.8 Å². The van der Waals surface area contributed by atoms with Crippen LogP contribution in [0.1, 0.15) is 23.1 Å². The molecule has 0 fully saturated rings. The van der Waals surface area contributed by atoms with Gasteiger partial charge in [-0.2, -0.15) is 0 Å². The molecule has 0 unspecified atom stereocenters. The minimum Gasteiger partial charge on any atom is -0.497 e. The van der Waals surface area contributed by atoms with Crippen LogP contribution in [0.4, 0.5) is 0 Å². The highest BCUT2D eigenvalue weighted by molar-refractivity contribution is 5.87. The lowest BCUT2D eigenvalue weighted by Gasteiger charge is -2.04. The van der Waals surface area contributed by atoms with E-state index in [1.165, 1.54) is 15.4 Å². The van der Waals surface area contributed by atoms with E-state index in [1.807, 2.05) is 25.1 Å². The number of hydrogen-bond acceptors (Lipinski definition) is 6. The first-order valence-electron chi connectivity index (χ1n) is 10.4. The summed E-state index contributed by atoms with van der Waals surface area (Å²) in [4.78, 5) is 34.9. The van der Waals surface area contributed by atoms with E-state index in [0.717, 1.165) is 17.1 Å². The van der Waals surface area contributed by atoms with Gasteiger partial charge in [-0.1, -0.05) is 12.1 Å². The van der Waals surface area contributed by atoms with Gasteiger partial charge in [-0.15, -0.1) is 0 Å². The van der Waals surface area contributed by atoms with Crippen molar-refractivity contribution in [1.29, 1.82) is 0 Å². The lowest BCUT2D eigenvalue weighted by Crippen LogP contribution is -2.13. The van der Waals surface area contributed by atoms with Crippen LogP contribution < -0.4 is 20.6 Å². The van der Waals surface area contributed by atoms with E-state index in [9.17, 15) is 14.4 Å². The Morgan fingerprint density at radius 1 is 0.824 bits per heavy atom. The van der Waals surface area contributed by atoms with E-state index >= 15 is 0 Å². The molecule has 0 aliphatic rings.